The molecule has 1 amide bonds. The first-order chi connectivity index (χ1) is 10.4. The van der Waals surface area contributed by atoms with Gasteiger partial charge in [0.1, 0.15) is 18.4 Å². The minimum Gasteiger partial charge on any atom is -0.350 e. The Morgan fingerprint density at radius 1 is 1.50 bits per heavy atom. The summed E-state index contributed by atoms with van der Waals surface area (Å²) >= 11 is 0. The van der Waals surface area contributed by atoms with Gasteiger partial charge in [0.15, 0.2) is 0 Å². The van der Waals surface area contributed by atoms with E-state index >= 15 is 0 Å². The smallest absolute Gasteiger partial charge is 0.307 e. The highest BCUT2D eigenvalue weighted by Crippen LogP contribution is 2.13. The first kappa shape index (κ1) is 15.7. The van der Waals surface area contributed by atoms with E-state index in [1.807, 2.05) is 20.0 Å². The van der Waals surface area contributed by atoms with E-state index in [4.69, 9.17) is 0 Å². The van der Waals surface area contributed by atoms with Gasteiger partial charge in [0, 0.05) is 24.8 Å². The van der Waals surface area contributed by atoms with Crippen LogP contribution in [0.3, 0.4) is 0 Å². The van der Waals surface area contributed by atoms with Crippen molar-refractivity contribution < 1.29 is 9.72 Å². The molecule has 1 unspecified atom stereocenters. The lowest BCUT2D eigenvalue weighted by Gasteiger charge is -2.11. The monoisotopic (exact) mass is 306 g/mol. The molecule has 2 aromatic heterocycles. The largest absolute Gasteiger partial charge is 0.350 e. The summed E-state index contributed by atoms with van der Waals surface area (Å²) in [5, 5.41) is 21.6. The molecule has 2 aromatic rings. The summed E-state index contributed by atoms with van der Waals surface area (Å²) in [7, 11) is 0. The number of rotatable bonds is 6. The minimum atomic E-state index is -0.629. The van der Waals surface area contributed by atoms with E-state index in [0.29, 0.717) is 6.54 Å². The Balaban J connectivity index is 1.98. The Morgan fingerprint density at radius 3 is 2.77 bits per heavy atom. The highest BCUT2D eigenvalue weighted by atomic mass is 16.6. The van der Waals surface area contributed by atoms with Gasteiger partial charge in [0.05, 0.1) is 10.6 Å². The van der Waals surface area contributed by atoms with Gasteiger partial charge >= 0.3 is 5.69 Å². The maximum Gasteiger partial charge on any atom is 0.307 e. The number of nitrogens with zero attached hydrogens (tertiary/aromatic N) is 5. The van der Waals surface area contributed by atoms with Crippen LogP contribution in [0.5, 0.6) is 0 Å². The molecular formula is C13H18N6O3. The lowest BCUT2D eigenvalue weighted by Crippen LogP contribution is -2.30. The van der Waals surface area contributed by atoms with Crippen molar-refractivity contribution in [2.45, 2.75) is 39.9 Å². The van der Waals surface area contributed by atoms with Crippen LogP contribution in [0.15, 0.2) is 18.6 Å². The summed E-state index contributed by atoms with van der Waals surface area (Å²) < 4.78 is 3.08. The van der Waals surface area contributed by atoms with Crippen LogP contribution in [0.25, 0.3) is 0 Å². The third-order valence-electron chi connectivity index (χ3n) is 3.40. The first-order valence-electron chi connectivity index (χ1n) is 6.91. The summed E-state index contributed by atoms with van der Waals surface area (Å²) in [6.45, 7) is 6.63. The molecule has 0 aliphatic heterocycles. The van der Waals surface area contributed by atoms with Crippen LogP contribution in [0, 0.1) is 17.0 Å². The van der Waals surface area contributed by atoms with Crippen molar-refractivity contribution in [2.75, 3.05) is 0 Å². The van der Waals surface area contributed by atoms with E-state index < -0.39 is 11.0 Å². The van der Waals surface area contributed by atoms with Crippen molar-refractivity contribution in [3.05, 3.63) is 40.0 Å². The van der Waals surface area contributed by atoms with Crippen molar-refractivity contribution in [3.8, 4) is 0 Å². The number of aromatic nitrogens is 4. The Labute approximate surface area is 127 Å². The maximum absolute atomic E-state index is 12.1. The van der Waals surface area contributed by atoms with Gasteiger partial charge < -0.3 is 5.32 Å². The summed E-state index contributed by atoms with van der Waals surface area (Å²) in [5.74, 6) is -0.262. The van der Waals surface area contributed by atoms with Crippen molar-refractivity contribution in [3.63, 3.8) is 0 Å². The zero-order valence-corrected chi connectivity index (χ0v) is 12.7. The first-order valence-corrected chi connectivity index (χ1v) is 6.91. The molecule has 0 aromatic carbocycles. The second-order valence-electron chi connectivity index (χ2n) is 4.92. The van der Waals surface area contributed by atoms with Crippen LogP contribution in [0.2, 0.25) is 0 Å². The highest BCUT2D eigenvalue weighted by Gasteiger charge is 2.19. The molecule has 0 bridgehead atoms. The zero-order chi connectivity index (χ0) is 16.3. The molecule has 0 saturated heterocycles. The van der Waals surface area contributed by atoms with Crippen molar-refractivity contribution in [1.82, 2.24) is 24.9 Å². The molecule has 0 spiro atoms. The molecule has 0 aliphatic rings. The van der Waals surface area contributed by atoms with Gasteiger partial charge in [-0.25, -0.2) is 0 Å². The summed E-state index contributed by atoms with van der Waals surface area (Å²) in [5.41, 5.74) is 1.66. The van der Waals surface area contributed by atoms with Crippen LogP contribution >= 0.6 is 0 Å². The minimum absolute atomic E-state index is 0.139. The zero-order valence-electron chi connectivity index (χ0n) is 12.7. The molecule has 0 radical (unpaired) electrons. The molecule has 0 saturated carbocycles. The Morgan fingerprint density at radius 2 is 2.23 bits per heavy atom. The van der Waals surface area contributed by atoms with Crippen molar-refractivity contribution in [1.29, 1.82) is 0 Å². The highest BCUT2D eigenvalue weighted by molar-refractivity contribution is 5.79. The van der Waals surface area contributed by atoms with Crippen molar-refractivity contribution >= 4 is 11.6 Å². The molecule has 2 heterocycles. The quantitative estimate of drug-likeness (QED) is 0.637. The fourth-order valence-electron chi connectivity index (χ4n) is 1.98. The normalized spacial score (nSPS) is 12.1. The van der Waals surface area contributed by atoms with Crippen LogP contribution in [-0.4, -0.2) is 30.4 Å². The van der Waals surface area contributed by atoms with Crippen LogP contribution in [0.4, 0.5) is 5.69 Å². The van der Waals surface area contributed by atoms with E-state index in [1.165, 1.54) is 10.9 Å². The second-order valence-corrected chi connectivity index (χ2v) is 4.92. The summed E-state index contributed by atoms with van der Waals surface area (Å²) in [4.78, 5) is 22.2. The number of aryl methyl sites for hydroxylation is 2. The fraction of sp³-hybridized carbons (Fsp3) is 0.462. The van der Waals surface area contributed by atoms with E-state index in [1.54, 1.807) is 11.6 Å². The van der Waals surface area contributed by atoms with Gasteiger partial charge in [-0.2, -0.15) is 10.2 Å². The van der Waals surface area contributed by atoms with Gasteiger partial charge in [0.25, 0.3) is 0 Å². The number of nitro groups is 1. The lowest BCUT2D eigenvalue weighted by atomic mass is 10.2. The average Bonchev–Trinajstić information content (AvgIpc) is 3.10. The molecule has 2 rings (SSSR count). The maximum atomic E-state index is 12.1. The Kier molecular flexibility index (Phi) is 4.54. The fourth-order valence-corrected chi connectivity index (χ4v) is 1.98. The Bertz CT molecular complexity index is 690. The second kappa shape index (κ2) is 6.37. The van der Waals surface area contributed by atoms with E-state index in [0.717, 1.165) is 24.0 Å². The van der Waals surface area contributed by atoms with Crippen LogP contribution in [-0.2, 0) is 17.9 Å². The molecule has 1 N–H and O–H groups in total. The van der Waals surface area contributed by atoms with Gasteiger partial charge in [-0.05, 0) is 20.8 Å². The molecular weight excluding hydrogens is 288 g/mol. The average molecular weight is 306 g/mol. The molecule has 9 heteroatoms. The van der Waals surface area contributed by atoms with Crippen LogP contribution < -0.4 is 5.32 Å². The van der Waals surface area contributed by atoms with Gasteiger partial charge in [-0.1, -0.05) is 0 Å². The van der Waals surface area contributed by atoms with E-state index in [2.05, 4.69) is 15.5 Å². The predicted octanol–water partition coefficient (Wildman–Crippen LogP) is 1.19. The number of nitrogens with one attached hydrogen (secondary N) is 1. The molecule has 0 fully saturated rings. The van der Waals surface area contributed by atoms with E-state index in [9.17, 15) is 14.9 Å². The van der Waals surface area contributed by atoms with Gasteiger partial charge in [-0.15, -0.1) is 0 Å². The summed E-state index contributed by atoms with van der Waals surface area (Å²) in [6, 6.07) is -0.629. The third-order valence-corrected chi connectivity index (χ3v) is 3.40. The summed E-state index contributed by atoms with van der Waals surface area (Å²) in [6.07, 6.45) is 4.25. The molecule has 1 atom stereocenters. The molecule has 22 heavy (non-hydrogen) atoms. The lowest BCUT2D eigenvalue weighted by molar-refractivity contribution is -0.385. The number of hydrogen-bond acceptors (Lipinski definition) is 5. The third kappa shape index (κ3) is 3.30. The predicted molar refractivity (Wildman–Crippen MR) is 78.1 cm³/mol. The number of carbonyl (C=O) groups excluding carboxylic acids is 1. The molecule has 118 valence electrons. The topological polar surface area (TPSA) is 108 Å². The van der Waals surface area contributed by atoms with Gasteiger partial charge in [-0.3, -0.25) is 24.3 Å². The SMILES string of the molecule is CCn1cc(CNC(=O)C(C)n2cc([N+](=O)[O-])cn2)c(C)n1. The number of amides is 1. The number of hydrogen-bond donors (Lipinski definition) is 1. The number of carbonyl (C=O) groups is 1. The van der Waals surface area contributed by atoms with Gasteiger partial charge in [0.2, 0.25) is 5.91 Å². The standard InChI is InChI=1S/C13H18N6O3/c1-4-17-7-11(9(2)16-17)5-14-13(20)10(3)18-8-12(6-15-18)19(21)22/h6-8,10H,4-5H2,1-3H3,(H,14,20). The van der Waals surface area contributed by atoms with Crippen molar-refractivity contribution in [2.24, 2.45) is 0 Å². The Hall–Kier alpha value is -2.71. The molecule has 0 aliphatic carbocycles. The molecule has 9 nitrogen and oxygen atoms in total. The van der Waals surface area contributed by atoms with E-state index in [-0.39, 0.29) is 11.6 Å². The van der Waals surface area contributed by atoms with Crippen LogP contribution in [0.1, 0.15) is 31.1 Å².